The van der Waals surface area contributed by atoms with Crippen LogP contribution < -0.4 is 10.6 Å². The molecule has 0 saturated heterocycles. The summed E-state index contributed by atoms with van der Waals surface area (Å²) >= 11 is 0. The maximum absolute atomic E-state index is 11.8. The molecule has 0 radical (unpaired) electrons. The van der Waals surface area contributed by atoms with Crippen molar-refractivity contribution in [2.45, 2.75) is 44.8 Å². The maximum Gasteiger partial charge on any atom is 0.320 e. The summed E-state index contributed by atoms with van der Waals surface area (Å²) in [5, 5.41) is 14.8. The van der Waals surface area contributed by atoms with Gasteiger partial charge in [-0.15, -0.1) is 0 Å². The van der Waals surface area contributed by atoms with Crippen LogP contribution >= 0.6 is 0 Å². The summed E-state index contributed by atoms with van der Waals surface area (Å²) in [4.78, 5) is 15.9. The zero-order valence-corrected chi connectivity index (χ0v) is 10.4. The number of aromatic nitrogens is 1. The summed E-state index contributed by atoms with van der Waals surface area (Å²) < 4.78 is 0. The lowest BCUT2D eigenvalue weighted by atomic mass is 9.96. The molecule has 0 aromatic carbocycles. The van der Waals surface area contributed by atoms with E-state index in [1.54, 1.807) is 18.3 Å². The Kier molecular flexibility index (Phi) is 4.52. The zero-order valence-electron chi connectivity index (χ0n) is 10.4. The minimum Gasteiger partial charge on any atom is -0.392 e. The molecule has 0 bridgehead atoms. The molecular formula is C13H19N3O2. The Balaban J connectivity index is 1.90. The van der Waals surface area contributed by atoms with Crippen molar-refractivity contribution in [3.8, 4) is 0 Å². The Morgan fingerprint density at radius 1 is 1.39 bits per heavy atom. The first kappa shape index (κ1) is 12.8. The number of nitrogens with one attached hydrogen (secondary N) is 2. The predicted octanol–water partition coefficient (Wildman–Crippen LogP) is 2.03. The average Bonchev–Trinajstić information content (AvgIpc) is 2.40. The normalized spacial score (nSPS) is 16.3. The van der Waals surface area contributed by atoms with Gasteiger partial charge in [-0.1, -0.05) is 25.3 Å². The third kappa shape index (κ3) is 3.43. The van der Waals surface area contributed by atoms with Gasteiger partial charge in [-0.2, -0.15) is 0 Å². The van der Waals surface area contributed by atoms with Gasteiger partial charge in [0.1, 0.15) is 5.82 Å². The van der Waals surface area contributed by atoms with Crippen molar-refractivity contribution in [2.24, 2.45) is 0 Å². The Hall–Kier alpha value is -1.62. The van der Waals surface area contributed by atoms with Crippen LogP contribution in [-0.4, -0.2) is 22.2 Å². The second-order valence-corrected chi connectivity index (χ2v) is 4.60. The van der Waals surface area contributed by atoms with Crippen molar-refractivity contribution < 1.29 is 9.90 Å². The van der Waals surface area contributed by atoms with Crippen molar-refractivity contribution in [1.29, 1.82) is 0 Å². The second-order valence-electron chi connectivity index (χ2n) is 4.60. The highest BCUT2D eigenvalue weighted by atomic mass is 16.3. The lowest BCUT2D eigenvalue weighted by Gasteiger charge is -2.22. The minimum atomic E-state index is -0.240. The Morgan fingerprint density at radius 3 is 2.89 bits per heavy atom. The lowest BCUT2D eigenvalue weighted by Crippen LogP contribution is -2.39. The number of hydrogen-bond acceptors (Lipinski definition) is 3. The monoisotopic (exact) mass is 249 g/mol. The highest BCUT2D eigenvalue weighted by Gasteiger charge is 2.16. The summed E-state index contributed by atoms with van der Waals surface area (Å²) in [5.41, 5.74) is 0.622. The molecule has 1 fully saturated rings. The van der Waals surface area contributed by atoms with E-state index in [-0.39, 0.29) is 18.7 Å². The van der Waals surface area contributed by atoms with Crippen LogP contribution in [0.5, 0.6) is 0 Å². The third-order valence-electron chi connectivity index (χ3n) is 3.23. The standard InChI is InChI=1S/C13H19N3O2/c17-9-10-5-4-8-14-12(10)16-13(18)15-11-6-2-1-3-7-11/h4-5,8,11,17H,1-3,6-7,9H2,(H2,14,15,16,18). The van der Waals surface area contributed by atoms with Gasteiger partial charge in [0, 0.05) is 17.8 Å². The number of anilines is 1. The van der Waals surface area contributed by atoms with Gasteiger partial charge in [0.05, 0.1) is 6.61 Å². The molecule has 0 spiro atoms. The number of aliphatic hydroxyl groups is 1. The average molecular weight is 249 g/mol. The van der Waals surface area contributed by atoms with Gasteiger partial charge in [-0.3, -0.25) is 5.32 Å². The van der Waals surface area contributed by atoms with Crippen LogP contribution in [0, 0.1) is 0 Å². The molecule has 3 N–H and O–H groups in total. The Bertz CT molecular complexity index is 403. The maximum atomic E-state index is 11.8. The van der Waals surface area contributed by atoms with E-state index in [9.17, 15) is 4.79 Å². The number of carbonyl (C=O) groups is 1. The van der Waals surface area contributed by atoms with Crippen LogP contribution in [0.2, 0.25) is 0 Å². The van der Waals surface area contributed by atoms with Crippen molar-refractivity contribution in [3.63, 3.8) is 0 Å². The van der Waals surface area contributed by atoms with E-state index in [1.165, 1.54) is 19.3 Å². The summed E-state index contributed by atoms with van der Waals surface area (Å²) in [6.45, 7) is -0.132. The fourth-order valence-corrected chi connectivity index (χ4v) is 2.25. The first-order chi connectivity index (χ1) is 8.79. The molecule has 1 aromatic heterocycles. The number of pyridine rings is 1. The SMILES string of the molecule is O=C(Nc1ncccc1CO)NC1CCCCC1. The summed E-state index contributed by atoms with van der Waals surface area (Å²) in [6, 6.07) is 3.49. The molecule has 2 amide bonds. The van der Waals surface area contributed by atoms with E-state index in [1.807, 2.05) is 0 Å². The number of aliphatic hydroxyl groups excluding tert-OH is 1. The predicted molar refractivity (Wildman–Crippen MR) is 69.2 cm³/mol. The number of rotatable bonds is 3. The summed E-state index contributed by atoms with van der Waals surface area (Å²) in [6.07, 6.45) is 7.29. The number of carbonyl (C=O) groups excluding carboxylic acids is 1. The van der Waals surface area contributed by atoms with Gasteiger partial charge >= 0.3 is 6.03 Å². The van der Waals surface area contributed by atoms with Gasteiger partial charge < -0.3 is 10.4 Å². The van der Waals surface area contributed by atoms with Crippen LogP contribution in [0.4, 0.5) is 10.6 Å². The molecule has 0 unspecified atom stereocenters. The van der Waals surface area contributed by atoms with Crippen LogP contribution in [0.15, 0.2) is 18.3 Å². The molecule has 18 heavy (non-hydrogen) atoms. The first-order valence-corrected chi connectivity index (χ1v) is 6.42. The molecule has 1 heterocycles. The van der Waals surface area contributed by atoms with E-state index >= 15 is 0 Å². The van der Waals surface area contributed by atoms with Gasteiger partial charge in [-0.25, -0.2) is 9.78 Å². The number of amides is 2. The quantitative estimate of drug-likeness (QED) is 0.767. The first-order valence-electron chi connectivity index (χ1n) is 6.42. The fourth-order valence-electron chi connectivity index (χ4n) is 2.25. The molecule has 0 atom stereocenters. The van der Waals surface area contributed by atoms with E-state index in [2.05, 4.69) is 15.6 Å². The van der Waals surface area contributed by atoms with Gasteiger partial charge in [0.15, 0.2) is 0 Å². The highest BCUT2D eigenvalue weighted by Crippen LogP contribution is 2.17. The van der Waals surface area contributed by atoms with E-state index in [4.69, 9.17) is 5.11 Å². The van der Waals surface area contributed by atoms with Crippen molar-refractivity contribution in [1.82, 2.24) is 10.3 Å². The van der Waals surface area contributed by atoms with Gasteiger partial charge in [-0.05, 0) is 18.9 Å². The van der Waals surface area contributed by atoms with Gasteiger partial charge in [0.2, 0.25) is 0 Å². The van der Waals surface area contributed by atoms with E-state index in [0.717, 1.165) is 12.8 Å². The van der Waals surface area contributed by atoms with E-state index in [0.29, 0.717) is 11.4 Å². The van der Waals surface area contributed by atoms with Crippen molar-refractivity contribution >= 4 is 11.8 Å². The topological polar surface area (TPSA) is 74.2 Å². The van der Waals surface area contributed by atoms with Crippen molar-refractivity contribution in [3.05, 3.63) is 23.9 Å². The third-order valence-corrected chi connectivity index (χ3v) is 3.23. The fraction of sp³-hybridized carbons (Fsp3) is 0.538. The molecule has 98 valence electrons. The molecule has 0 aliphatic heterocycles. The molecule has 5 nitrogen and oxygen atoms in total. The zero-order chi connectivity index (χ0) is 12.8. The molecule has 5 heteroatoms. The molecule has 1 aliphatic carbocycles. The Morgan fingerprint density at radius 2 is 2.17 bits per heavy atom. The van der Waals surface area contributed by atoms with Crippen molar-refractivity contribution in [2.75, 3.05) is 5.32 Å². The Labute approximate surface area is 107 Å². The number of nitrogens with zero attached hydrogens (tertiary/aromatic N) is 1. The van der Waals surface area contributed by atoms with Gasteiger partial charge in [0.25, 0.3) is 0 Å². The molecule has 1 aromatic rings. The number of hydrogen-bond donors (Lipinski definition) is 3. The molecule has 2 rings (SSSR count). The van der Waals surface area contributed by atoms with Crippen LogP contribution in [0.1, 0.15) is 37.7 Å². The summed E-state index contributed by atoms with van der Waals surface area (Å²) in [5.74, 6) is 0.424. The smallest absolute Gasteiger partial charge is 0.320 e. The van der Waals surface area contributed by atoms with Crippen LogP contribution in [-0.2, 0) is 6.61 Å². The second kappa shape index (κ2) is 6.35. The van der Waals surface area contributed by atoms with Crippen LogP contribution in [0.3, 0.4) is 0 Å². The van der Waals surface area contributed by atoms with E-state index < -0.39 is 0 Å². The lowest BCUT2D eigenvalue weighted by molar-refractivity contribution is 0.244. The highest BCUT2D eigenvalue weighted by molar-refractivity contribution is 5.89. The molecule has 1 aliphatic rings. The largest absolute Gasteiger partial charge is 0.392 e. The molecular weight excluding hydrogens is 230 g/mol. The number of urea groups is 1. The summed E-state index contributed by atoms with van der Waals surface area (Å²) in [7, 11) is 0. The molecule has 1 saturated carbocycles. The minimum absolute atomic E-state index is 0.132. The van der Waals surface area contributed by atoms with Crippen LogP contribution in [0.25, 0.3) is 0 Å².